The molecular formula is C13H15FO. The topological polar surface area (TPSA) is 17.1 Å². The Bertz CT molecular complexity index is 373. The molecule has 0 bridgehead atoms. The lowest BCUT2D eigenvalue weighted by Gasteiger charge is -2.28. The molecule has 0 aromatic heterocycles. The van der Waals surface area contributed by atoms with Crippen LogP contribution in [-0.4, -0.2) is 6.29 Å². The molecule has 0 N–H and O–H groups in total. The van der Waals surface area contributed by atoms with Crippen LogP contribution >= 0.6 is 0 Å². The van der Waals surface area contributed by atoms with Gasteiger partial charge in [0.1, 0.15) is 12.1 Å². The highest BCUT2D eigenvalue weighted by Gasteiger charge is 2.27. The molecule has 0 spiro atoms. The fourth-order valence-corrected chi connectivity index (χ4v) is 2.49. The number of hydrogen-bond acceptors (Lipinski definition) is 1. The SMILES string of the molecule is CC(C=O)C1CCCc2cccc(F)c21. The number of hydrogen-bond donors (Lipinski definition) is 0. The molecule has 0 radical (unpaired) electrons. The first-order chi connectivity index (χ1) is 7.24. The van der Waals surface area contributed by atoms with E-state index in [2.05, 4.69) is 0 Å². The summed E-state index contributed by atoms with van der Waals surface area (Å²) in [6, 6.07) is 5.22. The standard InChI is InChI=1S/C13H15FO/c1-9(8-15)11-6-2-4-10-5-3-7-12(14)13(10)11/h3,5,7-9,11H,2,4,6H2,1H3. The second-order valence-electron chi connectivity index (χ2n) is 4.31. The van der Waals surface area contributed by atoms with Crippen LogP contribution in [-0.2, 0) is 11.2 Å². The number of carbonyl (C=O) groups excluding carboxylic acids is 1. The van der Waals surface area contributed by atoms with Crippen LogP contribution in [0.5, 0.6) is 0 Å². The molecule has 1 nitrogen and oxygen atoms in total. The molecule has 0 amide bonds. The molecule has 1 aromatic rings. The largest absolute Gasteiger partial charge is 0.303 e. The van der Waals surface area contributed by atoms with Crippen molar-refractivity contribution in [1.82, 2.24) is 0 Å². The van der Waals surface area contributed by atoms with Crippen LogP contribution in [0.1, 0.15) is 36.8 Å². The van der Waals surface area contributed by atoms with Crippen LogP contribution in [0, 0.1) is 11.7 Å². The molecule has 0 saturated carbocycles. The minimum Gasteiger partial charge on any atom is -0.303 e. The molecule has 2 atom stereocenters. The molecule has 1 aliphatic rings. The van der Waals surface area contributed by atoms with Gasteiger partial charge < -0.3 is 4.79 Å². The summed E-state index contributed by atoms with van der Waals surface area (Å²) in [7, 11) is 0. The first-order valence-corrected chi connectivity index (χ1v) is 5.46. The van der Waals surface area contributed by atoms with Gasteiger partial charge in [-0.25, -0.2) is 4.39 Å². The van der Waals surface area contributed by atoms with Gasteiger partial charge in [-0.15, -0.1) is 0 Å². The Morgan fingerprint density at radius 2 is 2.33 bits per heavy atom. The van der Waals surface area contributed by atoms with Gasteiger partial charge in [0, 0.05) is 5.92 Å². The summed E-state index contributed by atoms with van der Waals surface area (Å²) in [6.07, 6.45) is 3.86. The summed E-state index contributed by atoms with van der Waals surface area (Å²) in [5.41, 5.74) is 1.86. The van der Waals surface area contributed by atoms with E-state index in [-0.39, 0.29) is 17.7 Å². The lowest BCUT2D eigenvalue weighted by atomic mass is 9.76. The zero-order chi connectivity index (χ0) is 10.8. The highest BCUT2D eigenvalue weighted by Crippen LogP contribution is 2.37. The minimum atomic E-state index is -0.147. The molecule has 0 saturated heterocycles. The number of fused-ring (bicyclic) bond motifs is 1. The van der Waals surface area contributed by atoms with Gasteiger partial charge in [-0.2, -0.15) is 0 Å². The quantitative estimate of drug-likeness (QED) is 0.679. The highest BCUT2D eigenvalue weighted by molar-refractivity contribution is 5.56. The summed E-state index contributed by atoms with van der Waals surface area (Å²) < 4.78 is 13.7. The van der Waals surface area contributed by atoms with Crippen LogP contribution in [0.3, 0.4) is 0 Å². The third kappa shape index (κ3) is 1.81. The van der Waals surface area contributed by atoms with Crippen LogP contribution in [0.4, 0.5) is 4.39 Å². The van der Waals surface area contributed by atoms with Crippen molar-refractivity contribution in [1.29, 1.82) is 0 Å². The van der Waals surface area contributed by atoms with E-state index < -0.39 is 0 Å². The molecule has 0 heterocycles. The van der Waals surface area contributed by atoms with E-state index in [1.54, 1.807) is 6.07 Å². The van der Waals surface area contributed by atoms with Gasteiger partial charge in [0.15, 0.2) is 0 Å². The summed E-state index contributed by atoms with van der Waals surface area (Å²) in [6.45, 7) is 1.87. The number of benzene rings is 1. The smallest absolute Gasteiger partial charge is 0.126 e. The predicted molar refractivity (Wildman–Crippen MR) is 57.3 cm³/mol. The summed E-state index contributed by atoms with van der Waals surface area (Å²) in [4.78, 5) is 10.8. The maximum absolute atomic E-state index is 13.7. The van der Waals surface area contributed by atoms with Crippen molar-refractivity contribution in [3.05, 3.63) is 35.1 Å². The Labute approximate surface area is 89.3 Å². The van der Waals surface area contributed by atoms with Crippen molar-refractivity contribution in [3.8, 4) is 0 Å². The fourth-order valence-electron chi connectivity index (χ4n) is 2.49. The van der Waals surface area contributed by atoms with Gasteiger partial charge in [-0.1, -0.05) is 19.1 Å². The molecule has 0 fully saturated rings. The Hall–Kier alpha value is -1.18. The van der Waals surface area contributed by atoms with E-state index in [4.69, 9.17) is 0 Å². The van der Waals surface area contributed by atoms with Gasteiger partial charge in [0.2, 0.25) is 0 Å². The van der Waals surface area contributed by atoms with Crippen molar-refractivity contribution in [2.24, 2.45) is 5.92 Å². The molecule has 80 valence electrons. The first-order valence-electron chi connectivity index (χ1n) is 5.46. The zero-order valence-electron chi connectivity index (χ0n) is 8.87. The van der Waals surface area contributed by atoms with E-state index in [9.17, 15) is 9.18 Å². The van der Waals surface area contributed by atoms with E-state index >= 15 is 0 Å². The molecule has 2 heteroatoms. The Morgan fingerprint density at radius 1 is 1.53 bits per heavy atom. The van der Waals surface area contributed by atoms with E-state index in [0.29, 0.717) is 0 Å². The number of aldehydes is 1. The lowest BCUT2D eigenvalue weighted by Crippen LogP contribution is -2.19. The molecule has 2 rings (SSSR count). The fraction of sp³-hybridized carbons (Fsp3) is 0.462. The van der Waals surface area contributed by atoms with Crippen LogP contribution in [0.25, 0.3) is 0 Å². The Morgan fingerprint density at radius 3 is 3.07 bits per heavy atom. The highest BCUT2D eigenvalue weighted by atomic mass is 19.1. The molecule has 2 unspecified atom stereocenters. The summed E-state index contributed by atoms with van der Waals surface area (Å²) >= 11 is 0. The average molecular weight is 206 g/mol. The van der Waals surface area contributed by atoms with Crippen molar-refractivity contribution in [2.45, 2.75) is 32.1 Å². The van der Waals surface area contributed by atoms with Crippen molar-refractivity contribution >= 4 is 6.29 Å². The van der Waals surface area contributed by atoms with Crippen LogP contribution < -0.4 is 0 Å². The van der Waals surface area contributed by atoms with Crippen molar-refractivity contribution in [2.75, 3.05) is 0 Å². The number of aryl methyl sites for hydroxylation is 1. The molecule has 1 aromatic carbocycles. The summed E-state index contributed by atoms with van der Waals surface area (Å²) in [5.74, 6) is -0.153. The molecule has 1 aliphatic carbocycles. The van der Waals surface area contributed by atoms with Gasteiger partial charge in [-0.05, 0) is 42.4 Å². The third-order valence-electron chi connectivity index (χ3n) is 3.32. The van der Waals surface area contributed by atoms with Crippen LogP contribution in [0.2, 0.25) is 0 Å². The maximum atomic E-state index is 13.7. The molecule has 0 aliphatic heterocycles. The van der Waals surface area contributed by atoms with E-state index in [0.717, 1.165) is 36.7 Å². The second kappa shape index (κ2) is 4.13. The van der Waals surface area contributed by atoms with Crippen LogP contribution in [0.15, 0.2) is 18.2 Å². The van der Waals surface area contributed by atoms with Gasteiger partial charge in [0.25, 0.3) is 0 Å². The van der Waals surface area contributed by atoms with E-state index in [1.165, 1.54) is 6.07 Å². The number of halogens is 1. The zero-order valence-corrected chi connectivity index (χ0v) is 8.87. The number of carbonyl (C=O) groups is 1. The maximum Gasteiger partial charge on any atom is 0.126 e. The lowest BCUT2D eigenvalue weighted by molar-refractivity contribution is -0.111. The van der Waals surface area contributed by atoms with Crippen molar-refractivity contribution < 1.29 is 9.18 Å². The second-order valence-corrected chi connectivity index (χ2v) is 4.31. The summed E-state index contributed by atoms with van der Waals surface area (Å²) in [5, 5.41) is 0. The van der Waals surface area contributed by atoms with Crippen molar-refractivity contribution in [3.63, 3.8) is 0 Å². The molecular weight excluding hydrogens is 191 g/mol. The van der Waals surface area contributed by atoms with Gasteiger partial charge >= 0.3 is 0 Å². The predicted octanol–water partition coefficient (Wildman–Crippen LogP) is 3.08. The monoisotopic (exact) mass is 206 g/mol. The Balaban J connectivity index is 2.45. The Kier molecular flexibility index (Phi) is 2.85. The average Bonchev–Trinajstić information content (AvgIpc) is 2.28. The first kappa shape index (κ1) is 10.3. The third-order valence-corrected chi connectivity index (χ3v) is 3.32. The van der Waals surface area contributed by atoms with Gasteiger partial charge in [0.05, 0.1) is 0 Å². The minimum absolute atomic E-state index is 0.0763. The van der Waals surface area contributed by atoms with Gasteiger partial charge in [-0.3, -0.25) is 0 Å². The number of rotatable bonds is 2. The normalized spacial score (nSPS) is 21.9. The molecule has 15 heavy (non-hydrogen) atoms. The van der Waals surface area contributed by atoms with E-state index in [1.807, 2.05) is 13.0 Å².